The number of rotatable bonds is 8. The van der Waals surface area contributed by atoms with Crippen molar-refractivity contribution in [2.75, 3.05) is 30.3 Å². The summed E-state index contributed by atoms with van der Waals surface area (Å²) in [7, 11) is 0. The van der Waals surface area contributed by atoms with Crippen LogP contribution in [0.2, 0.25) is 0 Å². The fourth-order valence-corrected chi connectivity index (χ4v) is 2.27. The van der Waals surface area contributed by atoms with Gasteiger partial charge in [0.2, 0.25) is 5.95 Å². The Hall–Kier alpha value is -3.93. The number of carbonyl (C=O) groups is 1. The Balaban J connectivity index is 1.48. The third kappa shape index (κ3) is 4.79. The quantitative estimate of drug-likeness (QED) is 0.404. The second-order valence-electron chi connectivity index (χ2n) is 5.42. The van der Waals surface area contributed by atoms with E-state index in [2.05, 4.69) is 42.4 Å². The molecule has 1 amide bonds. The van der Waals surface area contributed by atoms with Gasteiger partial charge < -0.3 is 16.0 Å². The Labute approximate surface area is 156 Å². The first kappa shape index (κ1) is 17.9. The first-order valence-electron chi connectivity index (χ1n) is 8.27. The average Bonchev–Trinajstić information content (AvgIpc) is 3.19. The molecule has 27 heavy (non-hydrogen) atoms. The van der Waals surface area contributed by atoms with Crippen molar-refractivity contribution in [1.29, 1.82) is 0 Å². The number of carbonyl (C=O) groups excluding carboxylic acids is 1. The van der Waals surface area contributed by atoms with Gasteiger partial charge in [0.25, 0.3) is 5.91 Å². The maximum absolute atomic E-state index is 11.8. The summed E-state index contributed by atoms with van der Waals surface area (Å²) in [5.41, 5.74) is 1.33. The maximum atomic E-state index is 11.8. The van der Waals surface area contributed by atoms with E-state index in [1.807, 2.05) is 30.3 Å². The van der Waals surface area contributed by atoms with Gasteiger partial charge in [0.1, 0.15) is 5.82 Å². The molecule has 0 atom stereocenters. The molecule has 0 fully saturated rings. The molecule has 3 aromatic rings. The summed E-state index contributed by atoms with van der Waals surface area (Å²) in [6.07, 6.45) is 6.61. The van der Waals surface area contributed by atoms with Crippen LogP contribution < -0.4 is 16.0 Å². The molecule has 9 heteroatoms. The number of benzene rings is 1. The van der Waals surface area contributed by atoms with Gasteiger partial charge in [-0.05, 0) is 34.7 Å². The Bertz CT molecular complexity index is 915. The van der Waals surface area contributed by atoms with E-state index in [9.17, 15) is 4.79 Å². The fraction of sp³-hybridized carbons (Fsp3) is 0.167. The molecule has 9 nitrogen and oxygen atoms in total. The highest BCUT2D eigenvalue weighted by atomic mass is 16.1. The van der Waals surface area contributed by atoms with Crippen molar-refractivity contribution in [3.63, 3.8) is 0 Å². The van der Waals surface area contributed by atoms with Gasteiger partial charge in [-0.3, -0.25) is 4.79 Å². The predicted molar refractivity (Wildman–Crippen MR) is 102 cm³/mol. The van der Waals surface area contributed by atoms with E-state index < -0.39 is 0 Å². The molecule has 0 aliphatic rings. The van der Waals surface area contributed by atoms with E-state index in [-0.39, 0.29) is 12.5 Å². The van der Waals surface area contributed by atoms with E-state index in [4.69, 9.17) is 6.42 Å². The zero-order valence-electron chi connectivity index (χ0n) is 14.5. The van der Waals surface area contributed by atoms with E-state index in [1.54, 1.807) is 16.8 Å². The molecule has 0 bridgehead atoms. The first-order chi connectivity index (χ1) is 13.3. The SMILES string of the molecule is C#CCNC(=O)c1ccc(NCCNc2nnnn2-c2ccccc2)nc1. The number of hydrogen-bond acceptors (Lipinski definition) is 7. The van der Waals surface area contributed by atoms with E-state index >= 15 is 0 Å². The zero-order chi connectivity index (χ0) is 18.9. The third-order valence-electron chi connectivity index (χ3n) is 3.56. The number of para-hydroxylation sites is 1. The third-order valence-corrected chi connectivity index (χ3v) is 3.56. The molecule has 0 saturated heterocycles. The molecular weight excluding hydrogens is 344 g/mol. The van der Waals surface area contributed by atoms with E-state index in [0.717, 1.165) is 5.69 Å². The van der Waals surface area contributed by atoms with Gasteiger partial charge in [-0.2, -0.15) is 4.68 Å². The lowest BCUT2D eigenvalue weighted by molar-refractivity contribution is 0.0958. The second-order valence-corrected chi connectivity index (χ2v) is 5.42. The van der Waals surface area contributed by atoms with Crippen molar-refractivity contribution in [3.8, 4) is 18.0 Å². The number of aromatic nitrogens is 5. The molecule has 0 saturated carbocycles. The summed E-state index contributed by atoms with van der Waals surface area (Å²) in [6.45, 7) is 1.36. The van der Waals surface area contributed by atoms with Crippen LogP contribution in [0.4, 0.5) is 11.8 Å². The fourth-order valence-electron chi connectivity index (χ4n) is 2.27. The smallest absolute Gasteiger partial charge is 0.253 e. The normalized spacial score (nSPS) is 10.0. The summed E-state index contributed by atoms with van der Waals surface area (Å²) in [5, 5.41) is 20.6. The van der Waals surface area contributed by atoms with Gasteiger partial charge in [-0.1, -0.05) is 29.2 Å². The number of pyridine rings is 1. The Kier molecular flexibility index (Phi) is 5.93. The minimum absolute atomic E-state index is 0.187. The van der Waals surface area contributed by atoms with Gasteiger partial charge in [0.05, 0.1) is 17.8 Å². The van der Waals surface area contributed by atoms with Crippen molar-refractivity contribution in [2.24, 2.45) is 0 Å². The molecule has 136 valence electrons. The van der Waals surface area contributed by atoms with Crippen molar-refractivity contribution in [3.05, 3.63) is 54.2 Å². The maximum Gasteiger partial charge on any atom is 0.253 e. The molecule has 2 heterocycles. The molecular formula is C18H18N8O. The summed E-state index contributed by atoms with van der Waals surface area (Å²) in [6, 6.07) is 13.0. The average molecular weight is 362 g/mol. The molecule has 3 N–H and O–H groups in total. The summed E-state index contributed by atoms with van der Waals surface area (Å²) in [5.74, 6) is 3.32. The van der Waals surface area contributed by atoms with Crippen molar-refractivity contribution >= 4 is 17.7 Å². The molecule has 0 aliphatic heterocycles. The number of amides is 1. The largest absolute Gasteiger partial charge is 0.368 e. The number of hydrogen-bond donors (Lipinski definition) is 3. The number of tetrazole rings is 1. The summed E-state index contributed by atoms with van der Waals surface area (Å²) < 4.78 is 1.63. The Morgan fingerprint density at radius 1 is 1.11 bits per heavy atom. The lowest BCUT2D eigenvalue weighted by Crippen LogP contribution is -2.23. The van der Waals surface area contributed by atoms with Gasteiger partial charge in [0.15, 0.2) is 0 Å². The van der Waals surface area contributed by atoms with Gasteiger partial charge in [0, 0.05) is 19.3 Å². The first-order valence-corrected chi connectivity index (χ1v) is 8.27. The van der Waals surface area contributed by atoms with Crippen LogP contribution in [0.15, 0.2) is 48.7 Å². The molecule has 3 rings (SSSR count). The molecule has 1 aromatic carbocycles. The van der Waals surface area contributed by atoms with Crippen LogP contribution in [0.1, 0.15) is 10.4 Å². The number of anilines is 2. The number of terminal acetylenes is 1. The standard InChI is InChI=1S/C18H18N8O/c1-2-10-20-17(27)14-8-9-16(22-13-14)19-11-12-21-18-23-24-25-26(18)15-6-4-3-5-7-15/h1,3-9,13H,10-12H2,(H,19,22)(H,20,27)(H,21,23,25). The predicted octanol–water partition coefficient (Wildman–Crippen LogP) is 0.944. The van der Waals surface area contributed by atoms with Crippen LogP contribution >= 0.6 is 0 Å². The van der Waals surface area contributed by atoms with E-state index in [1.165, 1.54) is 6.20 Å². The highest BCUT2D eigenvalue weighted by molar-refractivity contribution is 5.94. The molecule has 0 spiro atoms. The lowest BCUT2D eigenvalue weighted by atomic mass is 10.2. The molecule has 0 aliphatic carbocycles. The molecule has 0 radical (unpaired) electrons. The van der Waals surface area contributed by atoms with Crippen molar-refractivity contribution < 1.29 is 4.79 Å². The zero-order valence-corrected chi connectivity index (χ0v) is 14.5. The molecule has 2 aromatic heterocycles. The minimum atomic E-state index is -0.249. The Morgan fingerprint density at radius 3 is 2.67 bits per heavy atom. The van der Waals surface area contributed by atoms with Crippen molar-refractivity contribution in [2.45, 2.75) is 0 Å². The number of nitrogens with one attached hydrogen (secondary N) is 3. The van der Waals surface area contributed by atoms with Crippen LogP contribution in [0.25, 0.3) is 5.69 Å². The number of nitrogens with zero attached hydrogens (tertiary/aromatic N) is 5. The van der Waals surface area contributed by atoms with Gasteiger partial charge >= 0.3 is 0 Å². The Morgan fingerprint density at radius 2 is 1.93 bits per heavy atom. The van der Waals surface area contributed by atoms with Gasteiger partial charge in [-0.15, -0.1) is 6.42 Å². The summed E-state index contributed by atoms with van der Waals surface area (Å²) >= 11 is 0. The monoisotopic (exact) mass is 362 g/mol. The topological polar surface area (TPSA) is 110 Å². The van der Waals surface area contributed by atoms with Crippen LogP contribution in [0.3, 0.4) is 0 Å². The van der Waals surface area contributed by atoms with Crippen LogP contribution in [-0.2, 0) is 0 Å². The lowest BCUT2D eigenvalue weighted by Gasteiger charge is -2.09. The summed E-state index contributed by atoms with van der Waals surface area (Å²) in [4.78, 5) is 16.0. The highest BCUT2D eigenvalue weighted by Gasteiger charge is 2.07. The molecule has 0 unspecified atom stereocenters. The van der Waals surface area contributed by atoms with Crippen LogP contribution in [0.5, 0.6) is 0 Å². The van der Waals surface area contributed by atoms with Crippen LogP contribution in [-0.4, -0.2) is 50.7 Å². The van der Waals surface area contributed by atoms with E-state index in [0.29, 0.717) is 30.4 Å². The second kappa shape index (κ2) is 8.96. The highest BCUT2D eigenvalue weighted by Crippen LogP contribution is 2.10. The van der Waals surface area contributed by atoms with Crippen molar-refractivity contribution in [1.82, 2.24) is 30.5 Å². The minimum Gasteiger partial charge on any atom is -0.368 e. The van der Waals surface area contributed by atoms with Gasteiger partial charge in [-0.25, -0.2) is 4.98 Å². The van der Waals surface area contributed by atoms with Crippen LogP contribution in [0, 0.1) is 12.3 Å².